The molecule has 1 heterocycles. The van der Waals surface area contributed by atoms with E-state index in [0.717, 1.165) is 11.3 Å². The second-order valence-corrected chi connectivity index (χ2v) is 8.83. The van der Waals surface area contributed by atoms with E-state index in [9.17, 15) is 14.0 Å². The summed E-state index contributed by atoms with van der Waals surface area (Å²) in [7, 11) is 3.18. The average Bonchev–Trinajstić information content (AvgIpc) is 3.35. The number of rotatable bonds is 9. The van der Waals surface area contributed by atoms with Crippen molar-refractivity contribution in [1.82, 2.24) is 14.5 Å². The number of methoxy groups -OCH3 is 2. The first-order chi connectivity index (χ1) is 18.3. The number of hydrogen-bond acceptors (Lipinski definition) is 5. The summed E-state index contributed by atoms with van der Waals surface area (Å²) in [5, 5.41) is 2.85. The van der Waals surface area contributed by atoms with E-state index < -0.39 is 11.7 Å². The predicted octanol–water partition coefficient (Wildman–Crippen LogP) is 5.18. The maximum absolute atomic E-state index is 13.3. The van der Waals surface area contributed by atoms with Crippen molar-refractivity contribution in [3.8, 4) is 28.4 Å². The van der Waals surface area contributed by atoms with Crippen LogP contribution >= 0.6 is 0 Å². The predicted molar refractivity (Wildman–Crippen MR) is 143 cm³/mol. The lowest BCUT2D eigenvalue weighted by Crippen LogP contribution is -2.42. The Kier molecular flexibility index (Phi) is 8.06. The van der Waals surface area contributed by atoms with Crippen molar-refractivity contribution in [3.63, 3.8) is 0 Å². The van der Waals surface area contributed by atoms with Gasteiger partial charge in [-0.25, -0.2) is 9.37 Å². The fraction of sp³-hybridized carbons (Fsp3) is 0.207. The van der Waals surface area contributed by atoms with E-state index in [2.05, 4.69) is 10.3 Å². The van der Waals surface area contributed by atoms with Gasteiger partial charge in [0.15, 0.2) is 0 Å². The molecule has 3 aromatic carbocycles. The Morgan fingerprint density at radius 2 is 1.66 bits per heavy atom. The van der Waals surface area contributed by atoms with Gasteiger partial charge in [-0.2, -0.15) is 0 Å². The van der Waals surface area contributed by atoms with Crippen molar-refractivity contribution in [2.45, 2.75) is 19.9 Å². The quantitative estimate of drug-likeness (QED) is 0.331. The Hall–Kier alpha value is -4.66. The van der Waals surface area contributed by atoms with Gasteiger partial charge in [-0.1, -0.05) is 12.1 Å². The molecule has 0 spiro atoms. The summed E-state index contributed by atoms with van der Waals surface area (Å²) in [4.78, 5) is 32.4. The van der Waals surface area contributed by atoms with Crippen molar-refractivity contribution in [3.05, 3.63) is 90.4 Å². The maximum atomic E-state index is 13.3. The molecule has 4 rings (SSSR count). The minimum absolute atomic E-state index is 0.210. The standard InChI is InChI=1S/C29H29FN4O4/c1-19(2)33(28(36)20-8-10-22(30)11-9-20)18-27(35)32-29-31-26(21-6-5-7-25(16-21)38-4)17-34(29)23-12-14-24(37-3)15-13-23/h5-17,19H,18H2,1-4H3,(H,31,32,35). The van der Waals surface area contributed by atoms with Crippen LogP contribution in [-0.2, 0) is 4.79 Å². The van der Waals surface area contributed by atoms with Crippen LogP contribution < -0.4 is 14.8 Å². The number of carbonyl (C=O) groups is 2. The van der Waals surface area contributed by atoms with E-state index in [1.807, 2.05) is 68.6 Å². The number of halogens is 1. The molecule has 0 saturated carbocycles. The third-order valence-corrected chi connectivity index (χ3v) is 5.96. The summed E-state index contributed by atoms with van der Waals surface area (Å²) in [5.41, 5.74) is 2.49. The van der Waals surface area contributed by atoms with E-state index in [0.29, 0.717) is 22.8 Å². The fourth-order valence-electron chi connectivity index (χ4n) is 3.90. The van der Waals surface area contributed by atoms with E-state index in [1.165, 1.54) is 29.2 Å². The summed E-state index contributed by atoms with van der Waals surface area (Å²) >= 11 is 0. The molecule has 0 radical (unpaired) electrons. The maximum Gasteiger partial charge on any atom is 0.254 e. The molecular weight excluding hydrogens is 487 g/mol. The van der Waals surface area contributed by atoms with Gasteiger partial charge in [0, 0.05) is 29.1 Å². The van der Waals surface area contributed by atoms with E-state index in [1.54, 1.807) is 18.8 Å². The molecule has 1 aromatic heterocycles. The lowest BCUT2D eigenvalue weighted by atomic mass is 10.1. The van der Waals surface area contributed by atoms with Gasteiger partial charge in [-0.15, -0.1) is 0 Å². The smallest absolute Gasteiger partial charge is 0.254 e. The largest absolute Gasteiger partial charge is 0.497 e. The van der Waals surface area contributed by atoms with Crippen molar-refractivity contribution in [1.29, 1.82) is 0 Å². The van der Waals surface area contributed by atoms with Gasteiger partial charge in [-0.3, -0.25) is 19.5 Å². The van der Waals surface area contributed by atoms with Crippen LogP contribution in [0.5, 0.6) is 11.5 Å². The molecule has 0 aliphatic rings. The molecule has 0 aliphatic heterocycles. The number of nitrogens with zero attached hydrogens (tertiary/aromatic N) is 3. The second-order valence-electron chi connectivity index (χ2n) is 8.83. The van der Waals surface area contributed by atoms with Crippen molar-refractivity contribution >= 4 is 17.8 Å². The van der Waals surface area contributed by atoms with Crippen LogP contribution in [0.4, 0.5) is 10.3 Å². The van der Waals surface area contributed by atoms with Gasteiger partial charge < -0.3 is 14.4 Å². The first-order valence-corrected chi connectivity index (χ1v) is 12.0. The Balaban J connectivity index is 1.63. The lowest BCUT2D eigenvalue weighted by Gasteiger charge is -2.26. The Morgan fingerprint density at radius 1 is 0.974 bits per heavy atom. The molecule has 9 heteroatoms. The molecule has 2 amide bonds. The summed E-state index contributed by atoms with van der Waals surface area (Å²) in [6, 6.07) is 19.8. The third kappa shape index (κ3) is 6.00. The van der Waals surface area contributed by atoms with Crippen LogP contribution in [-0.4, -0.2) is 53.1 Å². The summed E-state index contributed by atoms with van der Waals surface area (Å²) in [5.74, 6) is 0.430. The lowest BCUT2D eigenvalue weighted by molar-refractivity contribution is -0.117. The number of amides is 2. The average molecular weight is 517 g/mol. The normalized spacial score (nSPS) is 10.8. The van der Waals surface area contributed by atoms with Crippen molar-refractivity contribution < 1.29 is 23.5 Å². The summed E-state index contributed by atoms with van der Waals surface area (Å²) in [6.45, 7) is 3.42. The van der Waals surface area contributed by atoms with Crippen LogP contribution in [0.2, 0.25) is 0 Å². The molecule has 8 nitrogen and oxygen atoms in total. The monoisotopic (exact) mass is 516 g/mol. The van der Waals surface area contributed by atoms with Crippen LogP contribution in [0.1, 0.15) is 24.2 Å². The SMILES string of the molecule is COc1ccc(-n2cc(-c3cccc(OC)c3)nc2NC(=O)CN(C(=O)c2ccc(F)cc2)C(C)C)cc1. The molecule has 0 atom stereocenters. The fourth-order valence-corrected chi connectivity index (χ4v) is 3.90. The van der Waals surface area contributed by atoms with Gasteiger partial charge in [0.1, 0.15) is 23.9 Å². The highest BCUT2D eigenvalue weighted by atomic mass is 19.1. The zero-order valence-electron chi connectivity index (χ0n) is 21.6. The number of hydrogen-bond donors (Lipinski definition) is 1. The molecule has 0 saturated heterocycles. The summed E-state index contributed by atoms with van der Waals surface area (Å²) < 4.78 is 25.7. The number of anilines is 1. The molecule has 38 heavy (non-hydrogen) atoms. The van der Waals surface area contributed by atoms with Gasteiger partial charge in [0.25, 0.3) is 5.91 Å². The molecule has 1 N–H and O–H groups in total. The molecule has 4 aromatic rings. The van der Waals surface area contributed by atoms with Crippen LogP contribution in [0, 0.1) is 5.82 Å². The molecule has 0 aliphatic carbocycles. The highest BCUT2D eigenvalue weighted by molar-refractivity contribution is 5.99. The second kappa shape index (κ2) is 11.6. The number of benzene rings is 3. The molecule has 0 unspecified atom stereocenters. The number of aromatic nitrogens is 2. The third-order valence-electron chi connectivity index (χ3n) is 5.96. The number of carbonyl (C=O) groups excluding carboxylic acids is 2. The van der Waals surface area contributed by atoms with Gasteiger partial charge in [-0.05, 0) is 74.5 Å². The number of ether oxygens (including phenoxy) is 2. The highest BCUT2D eigenvalue weighted by Gasteiger charge is 2.23. The highest BCUT2D eigenvalue weighted by Crippen LogP contribution is 2.27. The zero-order valence-corrected chi connectivity index (χ0v) is 21.6. The Morgan fingerprint density at radius 3 is 2.29 bits per heavy atom. The topological polar surface area (TPSA) is 85.7 Å². The minimum atomic E-state index is -0.437. The van der Waals surface area contributed by atoms with E-state index in [4.69, 9.17) is 9.47 Å². The van der Waals surface area contributed by atoms with Crippen LogP contribution in [0.25, 0.3) is 16.9 Å². The van der Waals surface area contributed by atoms with Gasteiger partial charge >= 0.3 is 0 Å². The number of imidazole rings is 1. The minimum Gasteiger partial charge on any atom is -0.497 e. The summed E-state index contributed by atoms with van der Waals surface area (Å²) in [6.07, 6.45) is 1.82. The molecular formula is C29H29FN4O4. The van der Waals surface area contributed by atoms with Crippen molar-refractivity contribution in [2.24, 2.45) is 0 Å². The van der Waals surface area contributed by atoms with E-state index in [-0.39, 0.29) is 24.4 Å². The molecule has 196 valence electrons. The zero-order chi connectivity index (χ0) is 27.2. The van der Waals surface area contributed by atoms with Crippen LogP contribution in [0.15, 0.2) is 79.0 Å². The number of nitrogens with one attached hydrogen (secondary N) is 1. The molecule has 0 fully saturated rings. The first-order valence-electron chi connectivity index (χ1n) is 12.0. The van der Waals surface area contributed by atoms with Gasteiger partial charge in [0.2, 0.25) is 11.9 Å². The van der Waals surface area contributed by atoms with Crippen LogP contribution in [0.3, 0.4) is 0 Å². The van der Waals surface area contributed by atoms with Gasteiger partial charge in [0.05, 0.1) is 19.9 Å². The Bertz CT molecular complexity index is 1420. The molecule has 0 bridgehead atoms. The van der Waals surface area contributed by atoms with E-state index >= 15 is 0 Å². The Labute approximate surface area is 220 Å². The first kappa shape index (κ1) is 26.4. The van der Waals surface area contributed by atoms with Crippen molar-refractivity contribution in [2.75, 3.05) is 26.1 Å².